The van der Waals surface area contributed by atoms with Crippen molar-refractivity contribution >= 4 is 5.97 Å². The third-order valence-electron chi connectivity index (χ3n) is 3.50. The highest BCUT2D eigenvalue weighted by Crippen LogP contribution is 2.26. The van der Waals surface area contributed by atoms with Gasteiger partial charge in [0.2, 0.25) is 0 Å². The summed E-state index contributed by atoms with van der Waals surface area (Å²) in [6, 6.07) is 15.0. The average Bonchev–Trinajstić information content (AvgIpc) is 2.50. The van der Waals surface area contributed by atoms with E-state index in [1.807, 2.05) is 30.3 Å². The molecule has 0 amide bonds. The van der Waals surface area contributed by atoms with Gasteiger partial charge in [0.25, 0.3) is 0 Å². The zero-order chi connectivity index (χ0) is 16.1. The third-order valence-corrected chi connectivity index (χ3v) is 3.50. The molecule has 0 aliphatic heterocycles. The number of nitrogens with zero attached hydrogens (tertiary/aromatic N) is 1. The highest BCUT2D eigenvalue weighted by atomic mass is 19.1. The number of hydrogen-bond acceptors (Lipinski definition) is 3. The van der Waals surface area contributed by atoms with Crippen LogP contribution in [0.2, 0.25) is 0 Å². The van der Waals surface area contributed by atoms with Crippen LogP contribution < -0.4 is 0 Å². The Morgan fingerprint density at radius 2 is 1.64 bits per heavy atom. The SMILES string of the molecule is CC(OC(=O)C(c1ccccc1F)N(C)C)c1ccccc1. The first kappa shape index (κ1) is 16.2. The van der Waals surface area contributed by atoms with Crippen molar-refractivity contribution < 1.29 is 13.9 Å². The Morgan fingerprint density at radius 3 is 2.23 bits per heavy atom. The lowest BCUT2D eigenvalue weighted by Gasteiger charge is -2.25. The fourth-order valence-electron chi connectivity index (χ4n) is 2.34. The van der Waals surface area contributed by atoms with Gasteiger partial charge in [0.15, 0.2) is 0 Å². The lowest BCUT2D eigenvalue weighted by atomic mass is 10.1. The van der Waals surface area contributed by atoms with Crippen molar-refractivity contribution in [1.82, 2.24) is 4.90 Å². The molecule has 2 rings (SSSR count). The summed E-state index contributed by atoms with van der Waals surface area (Å²) in [7, 11) is 3.46. The van der Waals surface area contributed by atoms with Crippen LogP contribution in [0.1, 0.15) is 30.2 Å². The van der Waals surface area contributed by atoms with E-state index in [0.29, 0.717) is 5.56 Å². The summed E-state index contributed by atoms with van der Waals surface area (Å²) in [5.74, 6) is -0.878. The van der Waals surface area contributed by atoms with Crippen molar-refractivity contribution in [2.45, 2.75) is 19.1 Å². The smallest absolute Gasteiger partial charge is 0.328 e. The van der Waals surface area contributed by atoms with E-state index >= 15 is 0 Å². The zero-order valence-electron chi connectivity index (χ0n) is 13.0. The Hall–Kier alpha value is -2.20. The van der Waals surface area contributed by atoms with Crippen molar-refractivity contribution in [2.24, 2.45) is 0 Å². The molecule has 0 aliphatic carbocycles. The second kappa shape index (κ2) is 7.18. The molecule has 0 radical (unpaired) electrons. The lowest BCUT2D eigenvalue weighted by molar-refractivity contribution is -0.154. The molecule has 2 atom stereocenters. The quantitative estimate of drug-likeness (QED) is 0.788. The van der Waals surface area contributed by atoms with E-state index < -0.39 is 17.8 Å². The summed E-state index contributed by atoms with van der Waals surface area (Å²) >= 11 is 0. The van der Waals surface area contributed by atoms with Crippen LogP contribution in [-0.2, 0) is 9.53 Å². The molecule has 0 aromatic heterocycles. The normalized spacial score (nSPS) is 13.7. The fourth-order valence-corrected chi connectivity index (χ4v) is 2.34. The second-order valence-electron chi connectivity index (χ2n) is 5.38. The molecular formula is C18H20FNO2. The molecule has 0 bridgehead atoms. The number of hydrogen-bond donors (Lipinski definition) is 0. The van der Waals surface area contributed by atoms with Gasteiger partial charge in [-0.2, -0.15) is 0 Å². The van der Waals surface area contributed by atoms with E-state index in [1.54, 1.807) is 44.1 Å². The van der Waals surface area contributed by atoms with E-state index in [-0.39, 0.29) is 6.10 Å². The van der Waals surface area contributed by atoms with E-state index in [0.717, 1.165) is 5.56 Å². The van der Waals surface area contributed by atoms with Crippen molar-refractivity contribution in [3.05, 3.63) is 71.5 Å². The fraction of sp³-hybridized carbons (Fsp3) is 0.278. The molecule has 22 heavy (non-hydrogen) atoms. The molecule has 3 nitrogen and oxygen atoms in total. The molecule has 4 heteroatoms. The summed E-state index contributed by atoms with van der Waals surface area (Å²) in [5.41, 5.74) is 1.22. The van der Waals surface area contributed by atoms with Gasteiger partial charge >= 0.3 is 5.97 Å². The van der Waals surface area contributed by atoms with E-state index in [4.69, 9.17) is 4.74 Å². The first-order chi connectivity index (χ1) is 10.5. The first-order valence-electron chi connectivity index (χ1n) is 7.17. The molecule has 2 unspecified atom stereocenters. The molecule has 0 saturated carbocycles. The molecule has 0 spiro atoms. The Balaban J connectivity index is 2.19. The average molecular weight is 301 g/mol. The van der Waals surface area contributed by atoms with Crippen molar-refractivity contribution in [3.8, 4) is 0 Å². The van der Waals surface area contributed by atoms with Crippen LogP contribution in [0, 0.1) is 5.82 Å². The first-order valence-corrected chi connectivity index (χ1v) is 7.17. The monoisotopic (exact) mass is 301 g/mol. The maximum absolute atomic E-state index is 14.0. The molecule has 2 aromatic carbocycles. The number of carbonyl (C=O) groups is 1. The van der Waals surface area contributed by atoms with Gasteiger partial charge in [-0.05, 0) is 32.6 Å². The van der Waals surface area contributed by atoms with Gasteiger partial charge in [0.05, 0.1) is 0 Å². The second-order valence-corrected chi connectivity index (χ2v) is 5.38. The predicted molar refractivity (Wildman–Crippen MR) is 83.8 cm³/mol. The van der Waals surface area contributed by atoms with Gasteiger partial charge in [-0.15, -0.1) is 0 Å². The zero-order valence-corrected chi connectivity index (χ0v) is 13.0. The van der Waals surface area contributed by atoms with Gasteiger partial charge in [-0.1, -0.05) is 48.5 Å². The van der Waals surface area contributed by atoms with Gasteiger partial charge < -0.3 is 4.74 Å². The standard InChI is InChI=1S/C18H20FNO2/c1-13(14-9-5-4-6-10-14)22-18(21)17(20(2)3)15-11-7-8-12-16(15)19/h4-13,17H,1-3H3. The summed E-state index contributed by atoms with van der Waals surface area (Å²) in [5, 5.41) is 0. The van der Waals surface area contributed by atoms with Gasteiger partial charge in [0, 0.05) is 5.56 Å². The van der Waals surface area contributed by atoms with E-state index in [1.165, 1.54) is 6.07 Å². The van der Waals surface area contributed by atoms with Gasteiger partial charge in [-0.25, -0.2) is 9.18 Å². The topological polar surface area (TPSA) is 29.5 Å². The highest BCUT2D eigenvalue weighted by molar-refractivity contribution is 5.78. The lowest BCUT2D eigenvalue weighted by Crippen LogP contribution is -2.30. The maximum Gasteiger partial charge on any atom is 0.328 e. The van der Waals surface area contributed by atoms with Crippen LogP contribution in [0.15, 0.2) is 54.6 Å². The highest BCUT2D eigenvalue weighted by Gasteiger charge is 2.28. The summed E-state index contributed by atoms with van der Waals surface area (Å²) in [4.78, 5) is 14.1. The Labute approximate surface area is 130 Å². The van der Waals surface area contributed by atoms with E-state index in [2.05, 4.69) is 0 Å². The minimum absolute atomic E-state index is 0.317. The maximum atomic E-state index is 14.0. The number of halogens is 1. The number of carbonyl (C=O) groups excluding carboxylic acids is 1. The Morgan fingerprint density at radius 1 is 1.05 bits per heavy atom. The molecule has 0 aliphatic rings. The molecule has 116 valence electrons. The van der Waals surface area contributed by atoms with Crippen LogP contribution >= 0.6 is 0 Å². The number of ether oxygens (including phenoxy) is 1. The minimum Gasteiger partial charge on any atom is -0.456 e. The van der Waals surface area contributed by atoms with Crippen LogP contribution in [0.25, 0.3) is 0 Å². The molecule has 2 aromatic rings. The summed E-state index contributed by atoms with van der Waals surface area (Å²) < 4.78 is 19.5. The van der Waals surface area contributed by atoms with Crippen LogP contribution in [0.3, 0.4) is 0 Å². The Kier molecular flexibility index (Phi) is 5.28. The van der Waals surface area contributed by atoms with Crippen molar-refractivity contribution in [3.63, 3.8) is 0 Å². The molecule has 0 saturated heterocycles. The van der Waals surface area contributed by atoms with Crippen LogP contribution in [0.4, 0.5) is 4.39 Å². The third kappa shape index (κ3) is 3.71. The number of likely N-dealkylation sites (N-methyl/N-ethyl adjacent to an activating group) is 1. The van der Waals surface area contributed by atoms with Gasteiger partial charge in [-0.3, -0.25) is 4.90 Å². The molecule has 0 heterocycles. The van der Waals surface area contributed by atoms with Crippen molar-refractivity contribution in [2.75, 3.05) is 14.1 Å². The van der Waals surface area contributed by atoms with Crippen LogP contribution in [0.5, 0.6) is 0 Å². The van der Waals surface area contributed by atoms with Gasteiger partial charge in [0.1, 0.15) is 18.0 Å². The van der Waals surface area contributed by atoms with Crippen molar-refractivity contribution in [1.29, 1.82) is 0 Å². The molecule has 0 fully saturated rings. The van der Waals surface area contributed by atoms with E-state index in [9.17, 15) is 9.18 Å². The predicted octanol–water partition coefficient (Wildman–Crippen LogP) is 3.73. The number of rotatable bonds is 5. The number of esters is 1. The minimum atomic E-state index is -0.771. The molecule has 0 N–H and O–H groups in total. The van der Waals surface area contributed by atoms with Crippen LogP contribution in [-0.4, -0.2) is 25.0 Å². The molecular weight excluding hydrogens is 281 g/mol. The Bertz CT molecular complexity index is 628. The largest absolute Gasteiger partial charge is 0.456 e. The summed E-state index contributed by atoms with van der Waals surface area (Å²) in [6.07, 6.45) is -0.386. The summed E-state index contributed by atoms with van der Waals surface area (Å²) in [6.45, 7) is 1.81. The number of benzene rings is 2.